The van der Waals surface area contributed by atoms with E-state index in [0.717, 1.165) is 28.6 Å². The van der Waals surface area contributed by atoms with Gasteiger partial charge in [0.15, 0.2) is 0 Å². The van der Waals surface area contributed by atoms with Gasteiger partial charge in [0.05, 0.1) is 4.88 Å². The Morgan fingerprint density at radius 1 is 1.53 bits per heavy atom. The minimum atomic E-state index is -0.00680. The Balaban J connectivity index is 2.76. The van der Waals surface area contributed by atoms with Crippen LogP contribution in [-0.4, -0.2) is 12.5 Å². The molecule has 1 aromatic rings. The molecule has 1 rings (SSSR count). The zero-order valence-electron chi connectivity index (χ0n) is 10.3. The number of carbonyl (C=O) groups excluding carboxylic acids is 1. The summed E-state index contributed by atoms with van der Waals surface area (Å²) >= 11 is 4.84. The molecule has 4 heteroatoms. The molecule has 0 fully saturated rings. The molecular weight excluding hydrogens is 298 g/mol. The summed E-state index contributed by atoms with van der Waals surface area (Å²) in [4.78, 5) is 14.0. The maximum Gasteiger partial charge on any atom is 0.261 e. The van der Waals surface area contributed by atoms with Gasteiger partial charge in [-0.2, -0.15) is 0 Å². The molecule has 0 unspecified atom stereocenters. The van der Waals surface area contributed by atoms with Crippen molar-refractivity contribution in [2.75, 3.05) is 6.54 Å². The van der Waals surface area contributed by atoms with Gasteiger partial charge in [-0.1, -0.05) is 42.8 Å². The monoisotopic (exact) mass is 315 g/mol. The Morgan fingerprint density at radius 2 is 2.24 bits per heavy atom. The first kappa shape index (κ1) is 14.5. The Morgan fingerprint density at radius 3 is 2.76 bits per heavy atom. The summed E-state index contributed by atoms with van der Waals surface area (Å²) in [6.07, 6.45) is 3.17. The molecule has 1 heterocycles. The number of hydrogen-bond donors (Lipinski definition) is 1. The number of amides is 1. The fourth-order valence-corrected chi connectivity index (χ4v) is 2.99. The standard InChI is InChI=1S/C13H18BrNOS/c1-4-6-11-10(5-2)7-12(17-11)13(16)15-8-9(3)14/h7H,3-6,8H2,1-2H3,(H,15,16). The van der Waals surface area contributed by atoms with E-state index in [0.29, 0.717) is 6.54 Å². The van der Waals surface area contributed by atoms with Crippen molar-refractivity contribution in [3.63, 3.8) is 0 Å². The first-order chi connectivity index (χ1) is 8.08. The Kier molecular flexibility index (Phi) is 5.92. The highest BCUT2D eigenvalue weighted by molar-refractivity contribution is 9.11. The number of halogens is 1. The lowest BCUT2D eigenvalue weighted by atomic mass is 10.1. The average Bonchev–Trinajstić information content (AvgIpc) is 2.69. The van der Waals surface area contributed by atoms with Crippen LogP contribution in [0.25, 0.3) is 0 Å². The van der Waals surface area contributed by atoms with Gasteiger partial charge in [0.1, 0.15) is 0 Å². The molecule has 0 saturated heterocycles. The second kappa shape index (κ2) is 6.97. The lowest BCUT2D eigenvalue weighted by molar-refractivity contribution is 0.0962. The van der Waals surface area contributed by atoms with Crippen LogP contribution in [0.4, 0.5) is 0 Å². The zero-order chi connectivity index (χ0) is 12.8. The van der Waals surface area contributed by atoms with Crippen LogP contribution in [-0.2, 0) is 12.8 Å². The summed E-state index contributed by atoms with van der Waals surface area (Å²) in [5.41, 5.74) is 1.31. The third-order valence-corrected chi connectivity index (χ3v) is 3.94. The molecule has 0 aromatic carbocycles. The minimum Gasteiger partial charge on any atom is -0.347 e. The van der Waals surface area contributed by atoms with Crippen molar-refractivity contribution in [2.45, 2.75) is 33.1 Å². The predicted octanol–water partition coefficient (Wildman–Crippen LogP) is 3.90. The van der Waals surface area contributed by atoms with Crippen molar-refractivity contribution in [3.05, 3.63) is 32.4 Å². The molecule has 2 nitrogen and oxygen atoms in total. The van der Waals surface area contributed by atoms with Gasteiger partial charge in [-0.3, -0.25) is 4.79 Å². The molecule has 0 aliphatic heterocycles. The van der Waals surface area contributed by atoms with Crippen molar-refractivity contribution in [3.8, 4) is 0 Å². The zero-order valence-corrected chi connectivity index (χ0v) is 12.7. The maximum absolute atomic E-state index is 11.9. The van der Waals surface area contributed by atoms with Crippen LogP contribution in [0.3, 0.4) is 0 Å². The largest absolute Gasteiger partial charge is 0.347 e. The highest BCUT2D eigenvalue weighted by atomic mass is 79.9. The Hall–Kier alpha value is -0.610. The predicted molar refractivity (Wildman–Crippen MR) is 78.1 cm³/mol. The van der Waals surface area contributed by atoms with E-state index in [4.69, 9.17) is 0 Å². The van der Waals surface area contributed by atoms with Crippen molar-refractivity contribution in [1.29, 1.82) is 0 Å². The first-order valence-corrected chi connectivity index (χ1v) is 7.42. The van der Waals surface area contributed by atoms with Gasteiger partial charge in [-0.15, -0.1) is 11.3 Å². The molecule has 0 radical (unpaired) electrons. The fraction of sp³-hybridized carbons (Fsp3) is 0.462. The summed E-state index contributed by atoms with van der Waals surface area (Å²) in [6.45, 7) is 8.46. The van der Waals surface area contributed by atoms with Gasteiger partial charge in [-0.25, -0.2) is 0 Å². The number of nitrogens with one attached hydrogen (secondary N) is 1. The SMILES string of the molecule is C=C(Br)CNC(=O)c1cc(CC)c(CCC)s1. The molecule has 1 amide bonds. The van der Waals surface area contributed by atoms with Gasteiger partial charge in [0.2, 0.25) is 0 Å². The van der Waals surface area contributed by atoms with E-state index in [-0.39, 0.29) is 5.91 Å². The van der Waals surface area contributed by atoms with E-state index in [1.807, 2.05) is 6.07 Å². The van der Waals surface area contributed by atoms with Gasteiger partial charge in [-0.05, 0) is 24.5 Å². The molecule has 17 heavy (non-hydrogen) atoms. The summed E-state index contributed by atoms with van der Waals surface area (Å²) in [6, 6.07) is 2.02. The normalized spacial score (nSPS) is 10.3. The summed E-state index contributed by atoms with van der Waals surface area (Å²) in [5, 5.41) is 2.83. The van der Waals surface area contributed by atoms with Gasteiger partial charge in [0.25, 0.3) is 5.91 Å². The molecule has 0 atom stereocenters. The van der Waals surface area contributed by atoms with E-state index in [2.05, 4.69) is 41.7 Å². The third-order valence-electron chi connectivity index (χ3n) is 2.42. The number of carbonyl (C=O) groups is 1. The van der Waals surface area contributed by atoms with Gasteiger partial charge >= 0.3 is 0 Å². The van der Waals surface area contributed by atoms with Crippen LogP contribution in [0.1, 0.15) is 40.4 Å². The molecule has 0 aliphatic rings. The quantitative estimate of drug-likeness (QED) is 0.847. The second-order valence-corrected chi connectivity index (χ2v) is 6.12. The third kappa shape index (κ3) is 4.28. The molecule has 94 valence electrons. The fourth-order valence-electron chi connectivity index (χ4n) is 1.58. The summed E-state index contributed by atoms with van der Waals surface area (Å²) in [7, 11) is 0. The van der Waals surface area contributed by atoms with Crippen LogP contribution in [0, 0.1) is 0 Å². The highest BCUT2D eigenvalue weighted by Crippen LogP contribution is 2.24. The van der Waals surface area contributed by atoms with E-state index >= 15 is 0 Å². The lowest BCUT2D eigenvalue weighted by Gasteiger charge is -2.00. The van der Waals surface area contributed by atoms with Crippen molar-refractivity contribution in [1.82, 2.24) is 5.32 Å². The molecule has 1 N–H and O–H groups in total. The minimum absolute atomic E-state index is 0.00680. The topological polar surface area (TPSA) is 29.1 Å². The lowest BCUT2D eigenvalue weighted by Crippen LogP contribution is -2.23. The molecule has 0 aliphatic carbocycles. The summed E-state index contributed by atoms with van der Waals surface area (Å²) in [5.74, 6) is -0.00680. The smallest absolute Gasteiger partial charge is 0.261 e. The molecule has 0 saturated carbocycles. The van der Waals surface area contributed by atoms with E-state index in [1.165, 1.54) is 10.4 Å². The average molecular weight is 316 g/mol. The summed E-state index contributed by atoms with van der Waals surface area (Å²) < 4.78 is 0.784. The van der Waals surface area contributed by atoms with E-state index in [1.54, 1.807) is 11.3 Å². The highest BCUT2D eigenvalue weighted by Gasteiger charge is 2.12. The van der Waals surface area contributed by atoms with Crippen LogP contribution in [0.5, 0.6) is 0 Å². The number of hydrogen-bond acceptors (Lipinski definition) is 2. The Bertz CT molecular complexity index is 412. The molecular formula is C13H18BrNOS. The van der Waals surface area contributed by atoms with Crippen LogP contribution >= 0.6 is 27.3 Å². The molecule has 0 spiro atoms. The van der Waals surface area contributed by atoms with Crippen molar-refractivity contribution in [2.24, 2.45) is 0 Å². The van der Waals surface area contributed by atoms with Crippen LogP contribution < -0.4 is 5.32 Å². The molecule has 0 bridgehead atoms. The van der Waals surface area contributed by atoms with Gasteiger partial charge in [0, 0.05) is 15.9 Å². The number of aryl methyl sites for hydroxylation is 2. The van der Waals surface area contributed by atoms with Crippen LogP contribution in [0.15, 0.2) is 17.1 Å². The number of thiophene rings is 1. The van der Waals surface area contributed by atoms with Crippen molar-refractivity contribution < 1.29 is 4.79 Å². The van der Waals surface area contributed by atoms with E-state index in [9.17, 15) is 4.79 Å². The maximum atomic E-state index is 11.9. The van der Waals surface area contributed by atoms with E-state index < -0.39 is 0 Å². The van der Waals surface area contributed by atoms with Crippen molar-refractivity contribution >= 4 is 33.2 Å². The number of rotatable bonds is 6. The van der Waals surface area contributed by atoms with Gasteiger partial charge < -0.3 is 5.32 Å². The van der Waals surface area contributed by atoms with Crippen LogP contribution in [0.2, 0.25) is 0 Å². The first-order valence-electron chi connectivity index (χ1n) is 5.81. The second-order valence-electron chi connectivity index (χ2n) is 3.86. The Labute approximate surface area is 115 Å². The molecule has 1 aromatic heterocycles.